The number of hydrogen-bond acceptors (Lipinski definition) is 4. The third kappa shape index (κ3) is 2.78. The van der Waals surface area contributed by atoms with Crippen LogP contribution in [0.2, 0.25) is 5.02 Å². The molecule has 1 aromatic heterocycles. The summed E-state index contributed by atoms with van der Waals surface area (Å²) < 4.78 is 0. The molecular weight excluding hydrogens is 320 g/mol. The first-order valence-electron chi connectivity index (χ1n) is 8.63. The molecule has 2 aliphatic heterocycles. The zero-order valence-electron chi connectivity index (χ0n) is 14.2. The Bertz CT molecular complexity index is 721. The molecule has 0 saturated carbocycles. The van der Waals surface area contributed by atoms with Crippen LogP contribution in [-0.2, 0) is 6.42 Å². The Morgan fingerprint density at radius 3 is 2.88 bits per heavy atom. The Hall–Kier alpha value is -1.65. The van der Waals surface area contributed by atoms with Crippen molar-refractivity contribution in [2.24, 2.45) is 0 Å². The van der Waals surface area contributed by atoms with Crippen molar-refractivity contribution in [1.29, 1.82) is 0 Å². The van der Waals surface area contributed by atoms with Crippen molar-refractivity contribution < 1.29 is 0 Å². The van der Waals surface area contributed by atoms with E-state index in [9.17, 15) is 0 Å². The fourth-order valence-corrected chi connectivity index (χ4v) is 4.60. The summed E-state index contributed by atoms with van der Waals surface area (Å²) in [5.74, 6) is 0.548. The average molecular weight is 343 g/mol. The van der Waals surface area contributed by atoms with Gasteiger partial charge >= 0.3 is 0 Å². The maximum atomic E-state index is 6.30. The molecule has 5 heteroatoms. The predicted molar refractivity (Wildman–Crippen MR) is 97.8 cm³/mol. The number of nitrogens with zero attached hydrogens (tertiary/aromatic N) is 4. The highest BCUT2D eigenvalue weighted by molar-refractivity contribution is 6.30. The Balaban J connectivity index is 1.67. The molecule has 0 radical (unpaired) electrons. The minimum Gasteiger partial charge on any atom is -0.365 e. The fraction of sp³-hybridized carbons (Fsp3) is 0.474. The maximum Gasteiger partial charge on any atom is 0.115 e. The number of piperidine rings is 1. The van der Waals surface area contributed by atoms with Crippen molar-refractivity contribution in [3.05, 3.63) is 53.1 Å². The van der Waals surface area contributed by atoms with Crippen LogP contribution in [0.5, 0.6) is 0 Å². The van der Waals surface area contributed by atoms with E-state index in [0.29, 0.717) is 18.0 Å². The smallest absolute Gasteiger partial charge is 0.115 e. The van der Waals surface area contributed by atoms with Crippen LogP contribution in [0.25, 0.3) is 0 Å². The van der Waals surface area contributed by atoms with Crippen molar-refractivity contribution in [2.75, 3.05) is 25.0 Å². The molecule has 0 bridgehead atoms. The lowest BCUT2D eigenvalue weighted by molar-refractivity contribution is 0.227. The van der Waals surface area contributed by atoms with Crippen molar-refractivity contribution in [3.63, 3.8) is 0 Å². The molecule has 126 valence electrons. The molecule has 0 amide bonds. The van der Waals surface area contributed by atoms with Crippen LogP contribution in [0.4, 0.5) is 5.69 Å². The minimum absolute atomic E-state index is 0.411. The normalized spacial score (nSPS) is 24.5. The number of aromatic nitrogens is 2. The maximum absolute atomic E-state index is 6.30. The highest BCUT2D eigenvalue weighted by Gasteiger charge is 2.42. The van der Waals surface area contributed by atoms with Crippen LogP contribution in [0, 0.1) is 0 Å². The van der Waals surface area contributed by atoms with Crippen LogP contribution >= 0.6 is 11.6 Å². The summed E-state index contributed by atoms with van der Waals surface area (Å²) in [5.41, 5.74) is 3.96. The molecule has 1 fully saturated rings. The van der Waals surface area contributed by atoms with E-state index in [1.54, 1.807) is 6.33 Å². The molecule has 3 atom stereocenters. The van der Waals surface area contributed by atoms with E-state index in [1.165, 1.54) is 23.2 Å². The first kappa shape index (κ1) is 15.9. The number of hydrogen-bond donors (Lipinski definition) is 0. The summed E-state index contributed by atoms with van der Waals surface area (Å²) >= 11 is 6.30. The van der Waals surface area contributed by atoms with Crippen LogP contribution in [0.1, 0.15) is 30.4 Å². The van der Waals surface area contributed by atoms with Gasteiger partial charge in [-0.05, 0) is 62.7 Å². The number of halogens is 1. The molecule has 4 nitrogen and oxygen atoms in total. The highest BCUT2D eigenvalue weighted by atomic mass is 35.5. The molecular formula is C19H23ClN4. The third-order valence-electron chi connectivity index (χ3n) is 5.42. The standard InChI is InChI=1S/C19H23ClN4/c1-13(7-14-9-21-12-22-10-14)24-18-4-3-15(20)8-16(18)17-11-23(2)6-5-19(17)24/h3-4,8-10,12-13,17,19H,5-7,11H2,1-2H3/t13-,17?,19?/m0/s1. The molecule has 24 heavy (non-hydrogen) atoms. The second kappa shape index (κ2) is 6.34. The predicted octanol–water partition coefficient (Wildman–Crippen LogP) is 3.37. The molecule has 4 rings (SSSR count). The summed E-state index contributed by atoms with van der Waals surface area (Å²) in [4.78, 5) is 13.4. The number of benzene rings is 1. The topological polar surface area (TPSA) is 32.3 Å². The monoisotopic (exact) mass is 342 g/mol. The van der Waals surface area contributed by atoms with Crippen LogP contribution in [0.3, 0.4) is 0 Å². The Labute approximate surface area is 148 Å². The van der Waals surface area contributed by atoms with Gasteiger partial charge in [0.1, 0.15) is 6.33 Å². The fourth-order valence-electron chi connectivity index (χ4n) is 4.42. The van der Waals surface area contributed by atoms with Gasteiger partial charge in [-0.1, -0.05) is 11.6 Å². The van der Waals surface area contributed by atoms with Crippen LogP contribution in [-0.4, -0.2) is 47.1 Å². The van der Waals surface area contributed by atoms with E-state index >= 15 is 0 Å². The first-order chi connectivity index (χ1) is 11.6. The summed E-state index contributed by atoms with van der Waals surface area (Å²) in [7, 11) is 2.22. The van der Waals surface area contributed by atoms with Crippen LogP contribution in [0.15, 0.2) is 36.9 Å². The van der Waals surface area contributed by atoms with Gasteiger partial charge in [-0.2, -0.15) is 0 Å². The average Bonchev–Trinajstić information content (AvgIpc) is 2.89. The first-order valence-corrected chi connectivity index (χ1v) is 9.01. The molecule has 2 aliphatic rings. The zero-order valence-corrected chi connectivity index (χ0v) is 14.9. The number of anilines is 1. The van der Waals surface area contributed by atoms with Gasteiger partial charge < -0.3 is 9.80 Å². The van der Waals surface area contributed by atoms with Gasteiger partial charge in [-0.3, -0.25) is 0 Å². The molecule has 2 unspecified atom stereocenters. The van der Waals surface area contributed by atoms with Crippen LogP contribution < -0.4 is 4.90 Å². The second-order valence-electron chi connectivity index (χ2n) is 7.14. The van der Waals surface area contributed by atoms with Gasteiger partial charge in [0.15, 0.2) is 0 Å². The summed E-state index contributed by atoms with van der Waals surface area (Å²) in [5, 5.41) is 0.840. The Morgan fingerprint density at radius 1 is 1.29 bits per heavy atom. The summed E-state index contributed by atoms with van der Waals surface area (Å²) in [6.45, 7) is 4.57. The molecule has 3 heterocycles. The van der Waals surface area contributed by atoms with E-state index in [1.807, 2.05) is 18.5 Å². The quantitative estimate of drug-likeness (QED) is 0.856. The lowest BCUT2D eigenvalue weighted by Crippen LogP contribution is -2.48. The molecule has 0 aliphatic carbocycles. The SMILES string of the molecule is C[C@@H](Cc1cncnc1)N1c2ccc(Cl)cc2C2CN(C)CCC21. The van der Waals surface area contributed by atoms with E-state index in [2.05, 4.69) is 45.9 Å². The Kier molecular flexibility index (Phi) is 4.19. The number of likely N-dealkylation sites (tertiary alicyclic amines) is 1. The minimum atomic E-state index is 0.411. The number of fused-ring (bicyclic) bond motifs is 3. The van der Waals surface area contributed by atoms with E-state index in [4.69, 9.17) is 11.6 Å². The highest BCUT2D eigenvalue weighted by Crippen LogP contribution is 2.46. The van der Waals surface area contributed by atoms with Crippen molar-refractivity contribution in [3.8, 4) is 0 Å². The van der Waals surface area contributed by atoms with Gasteiger partial charge in [0.05, 0.1) is 0 Å². The molecule has 1 aromatic carbocycles. The van der Waals surface area contributed by atoms with Gasteiger partial charge in [0.2, 0.25) is 0 Å². The molecule has 0 N–H and O–H groups in total. The van der Waals surface area contributed by atoms with Gasteiger partial charge in [-0.25, -0.2) is 9.97 Å². The summed E-state index contributed by atoms with van der Waals surface area (Å²) in [6.07, 6.45) is 7.60. The van der Waals surface area contributed by atoms with Crippen molar-refractivity contribution >= 4 is 17.3 Å². The lowest BCUT2D eigenvalue weighted by Gasteiger charge is -2.40. The molecule has 1 saturated heterocycles. The largest absolute Gasteiger partial charge is 0.365 e. The van der Waals surface area contributed by atoms with Gasteiger partial charge in [0.25, 0.3) is 0 Å². The lowest BCUT2D eigenvalue weighted by atomic mass is 9.89. The number of likely N-dealkylation sites (N-methyl/N-ethyl adjacent to an activating group) is 1. The van der Waals surface area contributed by atoms with Gasteiger partial charge in [0, 0.05) is 47.7 Å². The third-order valence-corrected chi connectivity index (χ3v) is 5.66. The molecule has 2 aromatic rings. The zero-order chi connectivity index (χ0) is 16.7. The van der Waals surface area contributed by atoms with Crippen molar-refractivity contribution in [1.82, 2.24) is 14.9 Å². The van der Waals surface area contributed by atoms with Crippen molar-refractivity contribution in [2.45, 2.75) is 37.8 Å². The van der Waals surface area contributed by atoms with E-state index < -0.39 is 0 Å². The second-order valence-corrected chi connectivity index (χ2v) is 7.57. The van der Waals surface area contributed by atoms with E-state index in [0.717, 1.165) is 24.5 Å². The Morgan fingerprint density at radius 2 is 2.08 bits per heavy atom. The number of rotatable bonds is 3. The summed E-state index contributed by atoms with van der Waals surface area (Å²) in [6, 6.07) is 7.37. The van der Waals surface area contributed by atoms with E-state index in [-0.39, 0.29) is 0 Å². The molecule has 0 spiro atoms. The van der Waals surface area contributed by atoms with Gasteiger partial charge in [-0.15, -0.1) is 0 Å².